The molecular weight excluding hydrogens is 286 g/mol. The summed E-state index contributed by atoms with van der Waals surface area (Å²) in [6.07, 6.45) is 0. The Hall–Kier alpha value is -2.65. The van der Waals surface area contributed by atoms with Crippen LogP contribution in [-0.2, 0) is 13.2 Å². The molecule has 0 spiro atoms. The number of aliphatic hydroxyl groups is 1. The number of pyridine rings is 1. The normalized spacial score (nSPS) is 10.5. The van der Waals surface area contributed by atoms with Gasteiger partial charge in [-0.1, -0.05) is 54.1 Å². The van der Waals surface area contributed by atoms with Crippen LogP contribution < -0.4 is 4.74 Å². The minimum Gasteiger partial charge on any atom is -0.473 e. The summed E-state index contributed by atoms with van der Waals surface area (Å²) in [7, 11) is 0. The van der Waals surface area contributed by atoms with Crippen LogP contribution in [0.5, 0.6) is 5.88 Å². The van der Waals surface area contributed by atoms with Gasteiger partial charge in [-0.2, -0.15) is 0 Å². The summed E-state index contributed by atoms with van der Waals surface area (Å²) in [4.78, 5) is 4.57. The monoisotopic (exact) mass is 305 g/mol. The highest BCUT2D eigenvalue weighted by Gasteiger charge is 2.06. The van der Waals surface area contributed by atoms with Crippen LogP contribution in [-0.4, -0.2) is 10.1 Å². The molecule has 0 saturated carbocycles. The second-order valence-electron chi connectivity index (χ2n) is 5.50. The van der Waals surface area contributed by atoms with E-state index in [2.05, 4.69) is 11.1 Å². The van der Waals surface area contributed by atoms with Gasteiger partial charge in [-0.15, -0.1) is 0 Å². The van der Waals surface area contributed by atoms with Crippen molar-refractivity contribution in [1.82, 2.24) is 4.98 Å². The van der Waals surface area contributed by atoms with E-state index in [-0.39, 0.29) is 6.61 Å². The predicted octanol–water partition coefficient (Wildman–Crippen LogP) is 4.13. The van der Waals surface area contributed by atoms with Crippen LogP contribution in [0.1, 0.15) is 16.7 Å². The van der Waals surface area contributed by atoms with E-state index in [4.69, 9.17) is 4.74 Å². The van der Waals surface area contributed by atoms with Crippen molar-refractivity contribution >= 4 is 0 Å². The molecule has 3 rings (SSSR count). The van der Waals surface area contributed by atoms with Gasteiger partial charge < -0.3 is 9.84 Å². The van der Waals surface area contributed by atoms with Crippen LogP contribution in [0.4, 0.5) is 0 Å². The number of rotatable bonds is 5. The molecule has 0 unspecified atom stereocenters. The number of aryl methyl sites for hydroxylation is 1. The van der Waals surface area contributed by atoms with Crippen molar-refractivity contribution in [3.63, 3.8) is 0 Å². The fraction of sp³-hybridized carbons (Fsp3) is 0.150. The van der Waals surface area contributed by atoms with Gasteiger partial charge >= 0.3 is 0 Å². The van der Waals surface area contributed by atoms with E-state index in [0.29, 0.717) is 12.5 Å². The molecule has 0 aliphatic carbocycles. The van der Waals surface area contributed by atoms with Gasteiger partial charge in [0.2, 0.25) is 5.88 Å². The molecule has 2 aromatic carbocycles. The zero-order valence-electron chi connectivity index (χ0n) is 13.1. The second kappa shape index (κ2) is 7.07. The standard InChI is InChI=1S/C20H19NO2/c1-15-6-5-9-18(10-15)19-11-17(13-22)12-20(21-19)23-14-16-7-3-2-4-8-16/h2-12,22H,13-14H2,1H3. The van der Waals surface area contributed by atoms with E-state index >= 15 is 0 Å². The lowest BCUT2D eigenvalue weighted by atomic mass is 10.1. The topological polar surface area (TPSA) is 42.4 Å². The van der Waals surface area contributed by atoms with E-state index in [9.17, 15) is 5.11 Å². The first-order chi connectivity index (χ1) is 11.2. The first-order valence-electron chi connectivity index (χ1n) is 7.60. The molecule has 1 heterocycles. The maximum atomic E-state index is 9.49. The molecule has 23 heavy (non-hydrogen) atoms. The Morgan fingerprint density at radius 3 is 2.48 bits per heavy atom. The van der Waals surface area contributed by atoms with Gasteiger partial charge in [-0.3, -0.25) is 0 Å². The van der Waals surface area contributed by atoms with Crippen molar-refractivity contribution in [2.45, 2.75) is 20.1 Å². The molecule has 116 valence electrons. The van der Waals surface area contributed by atoms with E-state index in [1.807, 2.05) is 61.5 Å². The highest BCUT2D eigenvalue weighted by atomic mass is 16.5. The maximum Gasteiger partial charge on any atom is 0.214 e. The lowest BCUT2D eigenvalue weighted by Crippen LogP contribution is -1.99. The third-order valence-corrected chi connectivity index (χ3v) is 3.59. The molecule has 0 aliphatic heterocycles. The first kappa shape index (κ1) is 15.3. The smallest absolute Gasteiger partial charge is 0.214 e. The van der Waals surface area contributed by atoms with E-state index in [1.54, 1.807) is 6.07 Å². The Bertz CT molecular complexity index is 785. The number of benzene rings is 2. The minimum absolute atomic E-state index is 0.0387. The van der Waals surface area contributed by atoms with Crippen molar-refractivity contribution < 1.29 is 9.84 Å². The summed E-state index contributed by atoms with van der Waals surface area (Å²) in [5.41, 5.74) is 4.87. The van der Waals surface area contributed by atoms with Crippen LogP contribution in [0.2, 0.25) is 0 Å². The summed E-state index contributed by atoms with van der Waals surface area (Å²) in [6.45, 7) is 2.46. The first-order valence-corrected chi connectivity index (χ1v) is 7.60. The molecule has 3 aromatic rings. The molecule has 0 aliphatic rings. The van der Waals surface area contributed by atoms with Gasteiger partial charge in [0.05, 0.1) is 12.3 Å². The largest absolute Gasteiger partial charge is 0.473 e. The average Bonchev–Trinajstić information content (AvgIpc) is 2.60. The molecule has 0 atom stereocenters. The zero-order chi connectivity index (χ0) is 16.1. The molecule has 0 amide bonds. The summed E-state index contributed by atoms with van der Waals surface area (Å²) < 4.78 is 5.80. The van der Waals surface area contributed by atoms with Gasteiger partial charge in [0.15, 0.2) is 0 Å². The van der Waals surface area contributed by atoms with Crippen LogP contribution in [0.25, 0.3) is 11.3 Å². The third kappa shape index (κ3) is 3.96. The summed E-state index contributed by atoms with van der Waals surface area (Å²) in [5, 5.41) is 9.49. The lowest BCUT2D eigenvalue weighted by molar-refractivity contribution is 0.275. The van der Waals surface area contributed by atoms with Gasteiger partial charge in [0.25, 0.3) is 0 Å². The fourth-order valence-electron chi connectivity index (χ4n) is 2.41. The molecule has 1 N–H and O–H groups in total. The molecule has 1 aromatic heterocycles. The van der Waals surface area contributed by atoms with Crippen molar-refractivity contribution in [2.75, 3.05) is 0 Å². The van der Waals surface area contributed by atoms with Crippen molar-refractivity contribution in [3.8, 4) is 17.1 Å². The number of aliphatic hydroxyl groups excluding tert-OH is 1. The van der Waals surface area contributed by atoms with E-state index < -0.39 is 0 Å². The molecule has 0 bridgehead atoms. The minimum atomic E-state index is -0.0387. The molecule has 3 heteroatoms. The van der Waals surface area contributed by atoms with Crippen LogP contribution in [0.15, 0.2) is 66.7 Å². The van der Waals surface area contributed by atoms with Crippen molar-refractivity contribution in [3.05, 3.63) is 83.4 Å². The Morgan fingerprint density at radius 2 is 1.74 bits per heavy atom. The number of hydrogen-bond acceptors (Lipinski definition) is 3. The lowest BCUT2D eigenvalue weighted by Gasteiger charge is -2.10. The van der Waals surface area contributed by atoms with Gasteiger partial charge in [-0.05, 0) is 30.2 Å². The van der Waals surface area contributed by atoms with Crippen molar-refractivity contribution in [2.24, 2.45) is 0 Å². The molecular formula is C20H19NO2. The highest BCUT2D eigenvalue weighted by Crippen LogP contribution is 2.23. The van der Waals surface area contributed by atoms with Gasteiger partial charge in [-0.25, -0.2) is 4.98 Å². The van der Waals surface area contributed by atoms with Gasteiger partial charge in [0, 0.05) is 11.6 Å². The van der Waals surface area contributed by atoms with Crippen LogP contribution in [0.3, 0.4) is 0 Å². The SMILES string of the molecule is Cc1cccc(-c2cc(CO)cc(OCc3ccccc3)n2)c1. The number of ether oxygens (including phenoxy) is 1. The Labute approximate surface area is 136 Å². The number of nitrogens with zero attached hydrogens (tertiary/aromatic N) is 1. The average molecular weight is 305 g/mol. The maximum absolute atomic E-state index is 9.49. The molecule has 0 fully saturated rings. The molecule has 0 radical (unpaired) electrons. The second-order valence-corrected chi connectivity index (χ2v) is 5.50. The third-order valence-electron chi connectivity index (χ3n) is 3.59. The zero-order valence-corrected chi connectivity index (χ0v) is 13.1. The molecule has 0 saturated heterocycles. The van der Waals surface area contributed by atoms with Crippen LogP contribution in [0, 0.1) is 6.92 Å². The Morgan fingerprint density at radius 1 is 0.913 bits per heavy atom. The Balaban J connectivity index is 1.87. The molecule has 3 nitrogen and oxygen atoms in total. The quantitative estimate of drug-likeness (QED) is 0.770. The highest BCUT2D eigenvalue weighted by molar-refractivity contribution is 5.61. The number of aromatic nitrogens is 1. The number of hydrogen-bond donors (Lipinski definition) is 1. The van der Waals surface area contributed by atoms with Crippen molar-refractivity contribution in [1.29, 1.82) is 0 Å². The summed E-state index contributed by atoms with van der Waals surface area (Å²) >= 11 is 0. The predicted molar refractivity (Wildman–Crippen MR) is 91.1 cm³/mol. The fourth-order valence-corrected chi connectivity index (χ4v) is 2.41. The summed E-state index contributed by atoms with van der Waals surface area (Å²) in [5.74, 6) is 0.525. The van der Waals surface area contributed by atoms with Crippen LogP contribution >= 0.6 is 0 Å². The van der Waals surface area contributed by atoms with Gasteiger partial charge in [0.1, 0.15) is 6.61 Å². The summed E-state index contributed by atoms with van der Waals surface area (Å²) in [6, 6.07) is 21.8. The van der Waals surface area contributed by atoms with E-state index in [0.717, 1.165) is 22.4 Å². The Kier molecular flexibility index (Phi) is 4.69. The van der Waals surface area contributed by atoms with E-state index in [1.165, 1.54) is 5.56 Å².